The van der Waals surface area contributed by atoms with Gasteiger partial charge in [0.25, 0.3) is 0 Å². The standard InChI is InChI=1S/C15H23NO2/c1-7-15(3,16(4)5)14(17)12-10-11(2)8-9-13(12)18-6/h8-10H,7H2,1-6H3. The molecule has 0 saturated carbocycles. The summed E-state index contributed by atoms with van der Waals surface area (Å²) < 4.78 is 5.30. The van der Waals surface area contributed by atoms with Gasteiger partial charge in [-0.15, -0.1) is 0 Å². The van der Waals surface area contributed by atoms with Crippen molar-refractivity contribution in [2.75, 3.05) is 21.2 Å². The first-order valence-electron chi connectivity index (χ1n) is 6.23. The largest absolute Gasteiger partial charge is 0.496 e. The molecule has 0 bridgehead atoms. The van der Waals surface area contributed by atoms with Gasteiger partial charge in [0.05, 0.1) is 18.2 Å². The Kier molecular flexibility index (Phi) is 4.52. The van der Waals surface area contributed by atoms with Crippen LogP contribution in [0, 0.1) is 6.92 Å². The number of aryl methyl sites for hydroxylation is 1. The number of ether oxygens (including phenoxy) is 1. The van der Waals surface area contributed by atoms with Crippen LogP contribution in [0.1, 0.15) is 36.2 Å². The molecule has 0 fully saturated rings. The predicted molar refractivity (Wildman–Crippen MR) is 74.4 cm³/mol. The average Bonchev–Trinajstić information content (AvgIpc) is 2.36. The molecule has 100 valence electrons. The third-order valence-corrected chi connectivity index (χ3v) is 3.76. The number of ketones is 1. The zero-order valence-corrected chi connectivity index (χ0v) is 12.2. The number of hydrogen-bond acceptors (Lipinski definition) is 3. The number of hydrogen-bond donors (Lipinski definition) is 0. The molecule has 0 aromatic heterocycles. The minimum Gasteiger partial charge on any atom is -0.496 e. The third-order valence-electron chi connectivity index (χ3n) is 3.76. The number of benzene rings is 1. The van der Waals surface area contributed by atoms with Crippen LogP contribution in [0.3, 0.4) is 0 Å². The Morgan fingerprint density at radius 3 is 2.44 bits per heavy atom. The zero-order valence-electron chi connectivity index (χ0n) is 12.2. The molecule has 1 atom stereocenters. The maximum absolute atomic E-state index is 12.7. The van der Waals surface area contributed by atoms with Crippen molar-refractivity contribution in [3.63, 3.8) is 0 Å². The molecule has 0 aliphatic rings. The van der Waals surface area contributed by atoms with Gasteiger partial charge in [-0.1, -0.05) is 18.6 Å². The number of carbonyl (C=O) groups excluding carboxylic acids is 1. The van der Waals surface area contributed by atoms with Gasteiger partial charge >= 0.3 is 0 Å². The Bertz CT molecular complexity index is 440. The predicted octanol–water partition coefficient (Wildman–Crippen LogP) is 2.92. The van der Waals surface area contributed by atoms with E-state index in [-0.39, 0.29) is 5.78 Å². The maximum Gasteiger partial charge on any atom is 0.186 e. The van der Waals surface area contributed by atoms with Crippen LogP contribution in [0.25, 0.3) is 0 Å². The van der Waals surface area contributed by atoms with Crippen LogP contribution >= 0.6 is 0 Å². The number of nitrogens with zero attached hydrogens (tertiary/aromatic N) is 1. The monoisotopic (exact) mass is 249 g/mol. The van der Waals surface area contributed by atoms with E-state index in [1.165, 1.54) is 0 Å². The normalized spacial score (nSPS) is 14.4. The number of methoxy groups -OCH3 is 1. The first-order chi connectivity index (χ1) is 8.36. The van der Waals surface area contributed by atoms with Crippen LogP contribution in [0.2, 0.25) is 0 Å². The van der Waals surface area contributed by atoms with E-state index in [1.54, 1.807) is 7.11 Å². The first kappa shape index (κ1) is 14.7. The molecule has 0 heterocycles. The van der Waals surface area contributed by atoms with Crippen LogP contribution < -0.4 is 4.74 Å². The lowest BCUT2D eigenvalue weighted by Gasteiger charge is -2.34. The molecule has 1 aromatic rings. The van der Waals surface area contributed by atoms with Gasteiger partial charge in [-0.25, -0.2) is 0 Å². The molecule has 3 heteroatoms. The summed E-state index contributed by atoms with van der Waals surface area (Å²) in [5.74, 6) is 0.752. The van der Waals surface area contributed by atoms with E-state index in [9.17, 15) is 4.79 Å². The first-order valence-corrected chi connectivity index (χ1v) is 6.23. The molecule has 1 unspecified atom stereocenters. The van der Waals surface area contributed by atoms with Gasteiger partial charge in [-0.3, -0.25) is 9.69 Å². The SMILES string of the molecule is CCC(C)(C(=O)c1cc(C)ccc1OC)N(C)C. The third kappa shape index (κ3) is 2.56. The summed E-state index contributed by atoms with van der Waals surface area (Å²) in [6.45, 7) is 5.98. The number of likely N-dealkylation sites (N-methyl/N-ethyl adjacent to an activating group) is 1. The topological polar surface area (TPSA) is 29.5 Å². The van der Waals surface area contributed by atoms with Gasteiger partial charge in [-0.05, 0) is 46.5 Å². The number of rotatable bonds is 5. The molecule has 0 radical (unpaired) electrons. The highest BCUT2D eigenvalue weighted by atomic mass is 16.5. The van der Waals surface area contributed by atoms with Crippen molar-refractivity contribution >= 4 is 5.78 Å². The van der Waals surface area contributed by atoms with Gasteiger partial charge in [0.15, 0.2) is 5.78 Å². The van der Waals surface area contributed by atoms with E-state index >= 15 is 0 Å². The highest BCUT2D eigenvalue weighted by molar-refractivity contribution is 6.05. The second-order valence-electron chi connectivity index (χ2n) is 5.05. The summed E-state index contributed by atoms with van der Waals surface area (Å²) >= 11 is 0. The summed E-state index contributed by atoms with van der Waals surface area (Å²) in [6.07, 6.45) is 0.760. The van der Waals surface area contributed by atoms with Gasteiger partial charge in [0, 0.05) is 0 Å². The van der Waals surface area contributed by atoms with Crippen LogP contribution in [-0.2, 0) is 0 Å². The van der Waals surface area contributed by atoms with Crippen LogP contribution in [0.4, 0.5) is 0 Å². The van der Waals surface area contributed by atoms with Gasteiger partial charge < -0.3 is 4.74 Å². The lowest BCUT2D eigenvalue weighted by atomic mass is 9.86. The van der Waals surface area contributed by atoms with Crippen molar-refractivity contribution in [3.05, 3.63) is 29.3 Å². The Morgan fingerprint density at radius 2 is 2.00 bits per heavy atom. The Balaban J connectivity index is 3.29. The lowest BCUT2D eigenvalue weighted by Crippen LogP contribution is -2.48. The number of carbonyl (C=O) groups is 1. The van der Waals surface area contributed by atoms with Crippen LogP contribution in [-0.4, -0.2) is 37.4 Å². The molecule has 0 aliphatic heterocycles. The molecule has 18 heavy (non-hydrogen) atoms. The Hall–Kier alpha value is -1.35. The van der Waals surface area contributed by atoms with Crippen molar-refractivity contribution in [2.45, 2.75) is 32.7 Å². The molecule has 1 aromatic carbocycles. The van der Waals surface area contributed by atoms with E-state index in [4.69, 9.17) is 4.74 Å². The maximum atomic E-state index is 12.7. The molecule has 0 amide bonds. The average molecular weight is 249 g/mol. The second-order valence-corrected chi connectivity index (χ2v) is 5.05. The summed E-state index contributed by atoms with van der Waals surface area (Å²) in [5.41, 5.74) is 1.23. The molecule has 1 rings (SSSR count). The van der Waals surface area contributed by atoms with E-state index in [0.717, 1.165) is 12.0 Å². The zero-order chi connectivity index (χ0) is 13.9. The molecule has 0 aliphatic carbocycles. The van der Waals surface area contributed by atoms with E-state index in [0.29, 0.717) is 11.3 Å². The molecular formula is C15H23NO2. The summed E-state index contributed by atoms with van der Waals surface area (Å²) in [7, 11) is 5.47. The van der Waals surface area contributed by atoms with Gasteiger partial charge in [-0.2, -0.15) is 0 Å². The van der Waals surface area contributed by atoms with Crippen molar-refractivity contribution < 1.29 is 9.53 Å². The van der Waals surface area contributed by atoms with E-state index < -0.39 is 5.54 Å². The van der Waals surface area contributed by atoms with Crippen molar-refractivity contribution in [1.29, 1.82) is 0 Å². The highest BCUT2D eigenvalue weighted by Gasteiger charge is 2.35. The summed E-state index contributed by atoms with van der Waals surface area (Å²) in [4.78, 5) is 14.7. The van der Waals surface area contributed by atoms with Crippen LogP contribution in [0.15, 0.2) is 18.2 Å². The lowest BCUT2D eigenvalue weighted by molar-refractivity contribution is 0.0707. The second kappa shape index (κ2) is 5.53. The number of Topliss-reactive ketones (excluding diaryl/α,β-unsaturated/α-hetero) is 1. The molecule has 3 nitrogen and oxygen atoms in total. The summed E-state index contributed by atoms with van der Waals surface area (Å²) in [5, 5.41) is 0. The Labute approximate surface area is 110 Å². The minimum absolute atomic E-state index is 0.107. The van der Waals surface area contributed by atoms with Crippen molar-refractivity contribution in [3.8, 4) is 5.75 Å². The van der Waals surface area contributed by atoms with Crippen molar-refractivity contribution in [1.82, 2.24) is 4.90 Å². The van der Waals surface area contributed by atoms with Gasteiger partial charge in [0.1, 0.15) is 5.75 Å². The molecule has 0 spiro atoms. The quantitative estimate of drug-likeness (QED) is 0.751. The fourth-order valence-electron chi connectivity index (χ4n) is 1.97. The molecule has 0 saturated heterocycles. The molecular weight excluding hydrogens is 226 g/mol. The minimum atomic E-state index is -0.499. The fourth-order valence-corrected chi connectivity index (χ4v) is 1.97. The van der Waals surface area contributed by atoms with E-state index in [1.807, 2.05) is 58.0 Å². The van der Waals surface area contributed by atoms with Gasteiger partial charge in [0.2, 0.25) is 0 Å². The van der Waals surface area contributed by atoms with Crippen LogP contribution in [0.5, 0.6) is 5.75 Å². The summed E-state index contributed by atoms with van der Waals surface area (Å²) in [6, 6.07) is 5.71. The fraction of sp³-hybridized carbons (Fsp3) is 0.533. The molecule has 0 N–H and O–H groups in total. The van der Waals surface area contributed by atoms with E-state index in [2.05, 4.69) is 0 Å². The smallest absolute Gasteiger partial charge is 0.186 e. The highest BCUT2D eigenvalue weighted by Crippen LogP contribution is 2.28. The van der Waals surface area contributed by atoms with Crippen molar-refractivity contribution in [2.24, 2.45) is 0 Å². The Morgan fingerprint density at radius 1 is 1.39 bits per heavy atom.